The van der Waals surface area contributed by atoms with Gasteiger partial charge in [0, 0.05) is 19.4 Å². The number of thioether (sulfide) groups is 1. The number of rotatable bonds is 7. The third-order valence-corrected chi connectivity index (χ3v) is 2.51. The highest BCUT2D eigenvalue weighted by atomic mass is 32.2. The molecule has 7 heteroatoms. The highest BCUT2D eigenvalue weighted by Gasteiger charge is 2.04. The lowest BCUT2D eigenvalue weighted by molar-refractivity contribution is 0.218. The number of hydrogen-bond acceptors (Lipinski definition) is 6. The third kappa shape index (κ3) is 3.60. The van der Waals surface area contributed by atoms with Crippen molar-refractivity contribution >= 4 is 11.8 Å². The molecule has 6 nitrogen and oxygen atoms in total. The van der Waals surface area contributed by atoms with Crippen LogP contribution in [0.3, 0.4) is 0 Å². The highest BCUT2D eigenvalue weighted by Crippen LogP contribution is 2.12. The summed E-state index contributed by atoms with van der Waals surface area (Å²) in [5.41, 5.74) is 0. The summed E-state index contributed by atoms with van der Waals surface area (Å²) < 4.78 is 6.74. The van der Waals surface area contributed by atoms with Gasteiger partial charge in [-0.25, -0.2) is 4.68 Å². The zero-order valence-electron chi connectivity index (χ0n) is 8.43. The van der Waals surface area contributed by atoms with Gasteiger partial charge in [-0.15, -0.1) is 5.10 Å². The second kappa shape index (κ2) is 6.74. The summed E-state index contributed by atoms with van der Waals surface area (Å²) >= 11 is 1.60. The first-order valence-corrected chi connectivity index (χ1v) is 5.39. The van der Waals surface area contributed by atoms with E-state index in [1.165, 1.54) is 0 Å². The van der Waals surface area contributed by atoms with Gasteiger partial charge >= 0.3 is 0 Å². The Bertz CT molecular complexity index is 254. The van der Waals surface area contributed by atoms with Gasteiger partial charge in [0.05, 0.1) is 13.2 Å². The maximum Gasteiger partial charge on any atom is 0.209 e. The summed E-state index contributed by atoms with van der Waals surface area (Å²) in [7, 11) is 3.59. The van der Waals surface area contributed by atoms with Crippen LogP contribution in [0.2, 0.25) is 0 Å². The first-order valence-electron chi connectivity index (χ1n) is 4.41. The van der Waals surface area contributed by atoms with Crippen LogP contribution in [-0.2, 0) is 11.3 Å². The molecule has 0 amide bonds. The molecule has 0 unspecified atom stereocenters. The lowest BCUT2D eigenvalue weighted by atomic mass is 10.6. The topological polar surface area (TPSA) is 64.9 Å². The van der Waals surface area contributed by atoms with Crippen molar-refractivity contribution in [2.24, 2.45) is 0 Å². The fourth-order valence-corrected chi connectivity index (χ4v) is 1.68. The number of methoxy groups -OCH3 is 1. The van der Waals surface area contributed by atoms with Gasteiger partial charge in [-0.1, -0.05) is 11.8 Å². The van der Waals surface area contributed by atoms with Crippen molar-refractivity contribution in [2.75, 3.05) is 33.1 Å². The predicted octanol–water partition coefficient (Wildman–Crippen LogP) is -0.369. The highest BCUT2D eigenvalue weighted by molar-refractivity contribution is 7.99. The summed E-state index contributed by atoms with van der Waals surface area (Å²) in [4.78, 5) is 0. The summed E-state index contributed by atoms with van der Waals surface area (Å²) in [6, 6.07) is 0. The zero-order chi connectivity index (χ0) is 10.2. The van der Waals surface area contributed by atoms with Crippen molar-refractivity contribution in [3.8, 4) is 0 Å². The van der Waals surface area contributed by atoms with Crippen LogP contribution in [0.5, 0.6) is 0 Å². The Morgan fingerprint density at radius 2 is 2.43 bits per heavy atom. The van der Waals surface area contributed by atoms with Crippen molar-refractivity contribution in [1.29, 1.82) is 0 Å². The van der Waals surface area contributed by atoms with Gasteiger partial charge in [0.25, 0.3) is 0 Å². The average molecular weight is 217 g/mol. The molecule has 0 aliphatic heterocycles. The van der Waals surface area contributed by atoms with Crippen LogP contribution in [0.4, 0.5) is 0 Å². The van der Waals surface area contributed by atoms with E-state index in [1.54, 1.807) is 23.6 Å². The summed E-state index contributed by atoms with van der Waals surface area (Å²) in [6.45, 7) is 2.37. The summed E-state index contributed by atoms with van der Waals surface area (Å²) in [5, 5.41) is 15.3. The molecule has 0 aliphatic rings. The lowest BCUT2D eigenvalue weighted by Crippen LogP contribution is -2.16. The molecule has 0 saturated heterocycles. The molecule has 1 aromatic rings. The van der Waals surface area contributed by atoms with Gasteiger partial charge < -0.3 is 10.1 Å². The predicted molar refractivity (Wildman–Crippen MR) is 54.3 cm³/mol. The van der Waals surface area contributed by atoms with Crippen molar-refractivity contribution in [2.45, 2.75) is 11.7 Å². The van der Waals surface area contributed by atoms with Gasteiger partial charge in [0.1, 0.15) is 0 Å². The van der Waals surface area contributed by atoms with Gasteiger partial charge in [-0.3, -0.25) is 0 Å². The minimum Gasteiger partial charge on any atom is -0.384 e. The Morgan fingerprint density at radius 1 is 1.57 bits per heavy atom. The molecule has 0 fully saturated rings. The minimum absolute atomic E-state index is 0.712. The number of hydrogen-bond donors (Lipinski definition) is 1. The first-order chi connectivity index (χ1) is 6.88. The van der Waals surface area contributed by atoms with Crippen LogP contribution in [0.15, 0.2) is 5.16 Å². The fraction of sp³-hybridized carbons (Fsp3) is 0.857. The molecular weight excluding hydrogens is 202 g/mol. The Morgan fingerprint density at radius 3 is 3.14 bits per heavy atom. The number of likely N-dealkylation sites (N-methyl/N-ethyl adjacent to an activating group) is 1. The third-order valence-electron chi connectivity index (χ3n) is 1.59. The van der Waals surface area contributed by atoms with Crippen LogP contribution in [0, 0.1) is 0 Å². The smallest absolute Gasteiger partial charge is 0.209 e. The maximum atomic E-state index is 4.95. The van der Waals surface area contributed by atoms with E-state index in [4.69, 9.17) is 4.74 Å². The molecule has 0 bridgehead atoms. The van der Waals surface area contributed by atoms with Gasteiger partial charge in [0.2, 0.25) is 5.16 Å². The zero-order valence-corrected chi connectivity index (χ0v) is 9.25. The number of aromatic nitrogens is 4. The quantitative estimate of drug-likeness (QED) is 0.496. The number of ether oxygens (including phenoxy) is 1. The van der Waals surface area contributed by atoms with Crippen molar-refractivity contribution in [1.82, 2.24) is 25.5 Å². The van der Waals surface area contributed by atoms with Crippen LogP contribution in [-0.4, -0.2) is 53.3 Å². The molecule has 0 atom stereocenters. The second-order valence-corrected chi connectivity index (χ2v) is 3.69. The molecule has 1 rings (SSSR count). The minimum atomic E-state index is 0.712. The van der Waals surface area contributed by atoms with Crippen LogP contribution < -0.4 is 5.32 Å². The summed E-state index contributed by atoms with van der Waals surface area (Å²) in [5.74, 6) is 0.871. The van der Waals surface area contributed by atoms with E-state index < -0.39 is 0 Å². The Hall–Kier alpha value is -0.660. The Kier molecular flexibility index (Phi) is 5.50. The van der Waals surface area contributed by atoms with E-state index in [1.807, 2.05) is 7.05 Å². The average Bonchev–Trinajstić information content (AvgIpc) is 2.63. The number of nitrogens with one attached hydrogen (secondary N) is 1. The van der Waals surface area contributed by atoms with E-state index in [0.717, 1.165) is 24.0 Å². The monoisotopic (exact) mass is 217 g/mol. The largest absolute Gasteiger partial charge is 0.384 e. The molecule has 1 N–H and O–H groups in total. The number of nitrogens with zero attached hydrogens (tertiary/aromatic N) is 4. The van der Waals surface area contributed by atoms with Crippen LogP contribution >= 0.6 is 11.8 Å². The van der Waals surface area contributed by atoms with E-state index >= 15 is 0 Å². The van der Waals surface area contributed by atoms with Gasteiger partial charge in [-0.05, 0) is 17.5 Å². The molecule has 0 aromatic carbocycles. The SMILES string of the molecule is CNCCn1nnnc1SCCOC. The molecule has 1 aromatic heterocycles. The van der Waals surface area contributed by atoms with E-state index in [0.29, 0.717) is 6.61 Å². The molecule has 0 spiro atoms. The normalized spacial score (nSPS) is 10.7. The molecular formula is C7H15N5OS. The first kappa shape index (κ1) is 11.4. The molecule has 0 aliphatic carbocycles. The van der Waals surface area contributed by atoms with E-state index in [-0.39, 0.29) is 0 Å². The van der Waals surface area contributed by atoms with Crippen LogP contribution in [0.25, 0.3) is 0 Å². The molecule has 80 valence electrons. The summed E-state index contributed by atoms with van der Waals surface area (Å²) in [6.07, 6.45) is 0. The van der Waals surface area contributed by atoms with E-state index in [9.17, 15) is 0 Å². The Balaban J connectivity index is 2.37. The molecule has 14 heavy (non-hydrogen) atoms. The molecule has 0 radical (unpaired) electrons. The van der Waals surface area contributed by atoms with Gasteiger partial charge in [-0.2, -0.15) is 0 Å². The van der Waals surface area contributed by atoms with Gasteiger partial charge in [0.15, 0.2) is 0 Å². The van der Waals surface area contributed by atoms with Crippen LogP contribution in [0.1, 0.15) is 0 Å². The maximum absolute atomic E-state index is 4.95. The molecule has 0 saturated carbocycles. The Labute approximate surface area is 87.4 Å². The standard InChI is InChI=1S/C7H15N5OS/c1-8-3-4-12-7(9-10-11-12)14-6-5-13-2/h8H,3-6H2,1-2H3. The van der Waals surface area contributed by atoms with E-state index in [2.05, 4.69) is 20.8 Å². The van der Waals surface area contributed by atoms with Crippen molar-refractivity contribution in [3.05, 3.63) is 0 Å². The lowest BCUT2D eigenvalue weighted by Gasteiger charge is -2.02. The fourth-order valence-electron chi connectivity index (χ4n) is 0.874. The second-order valence-electron chi connectivity index (χ2n) is 2.63. The number of tetrazole rings is 1. The van der Waals surface area contributed by atoms with Crippen molar-refractivity contribution < 1.29 is 4.74 Å². The molecule has 1 heterocycles. The van der Waals surface area contributed by atoms with Crippen molar-refractivity contribution in [3.63, 3.8) is 0 Å².